The molecule has 37 heteroatoms. The summed E-state index contributed by atoms with van der Waals surface area (Å²) < 4.78 is 221. The van der Waals surface area contributed by atoms with E-state index in [0.29, 0.717) is 27.8 Å². The van der Waals surface area contributed by atoms with Gasteiger partial charge in [-0.15, -0.1) is 0 Å². The Balaban J connectivity index is 0.000000162. The maximum absolute atomic E-state index is 14.0. The van der Waals surface area contributed by atoms with Crippen LogP contribution in [0, 0.1) is 30.2 Å². The van der Waals surface area contributed by atoms with E-state index in [1.807, 2.05) is 0 Å². The summed E-state index contributed by atoms with van der Waals surface area (Å²) in [5.41, 5.74) is 3.97. The second-order valence-corrected chi connectivity index (χ2v) is 27.3. The van der Waals surface area contributed by atoms with E-state index in [4.69, 9.17) is 123 Å². The van der Waals surface area contributed by atoms with Crippen molar-refractivity contribution in [2.45, 2.75) is 98.1 Å². The first-order valence-electron chi connectivity index (χ1n) is 29.6. The van der Waals surface area contributed by atoms with Crippen LogP contribution < -0.4 is 5.73 Å². The van der Waals surface area contributed by atoms with E-state index >= 15 is 0 Å². The lowest BCUT2D eigenvalue weighted by atomic mass is 9.86. The standard InChI is InChI=1S/C17H10BrCl2F4NO.C17H10Cl2F4N4O.C17H12Cl2F4N2O.C17H11Cl2F4NO/c18-8-10-3-9(1-2-14(10)21)15-7-16(26-25-15,17(22,23)24)11-4-12(19)6-13(20)5-11;18-12-4-11(5-13(19)6-12)16(17(21,22)23)7-15(26-28-16)9-1-2-14(20)10(3-9)8-25-27-24;18-12-4-11(5-13(19)6-12)16(17(21,22)23)7-15(25-26-16)9-1-2-14(20)10(3-9)8-24;1-9-4-10(2-3-14(9)20)15-8-16(25-24-15,17(21,22)23)11-5-12(18)7-13(19)6-11/h1-6H,7-8H2;1-6H,7-8H2;1-6H,7-8,24H2;2-7H,8H2,1H3. The highest BCUT2D eigenvalue weighted by atomic mass is 79.9. The van der Waals surface area contributed by atoms with Crippen LogP contribution in [0.1, 0.15) is 92.4 Å². The molecule has 0 saturated carbocycles. The third-order valence-electron chi connectivity index (χ3n) is 16.4. The Kier molecular flexibility index (Phi) is 25.0. The molecule has 0 spiro atoms. The van der Waals surface area contributed by atoms with Crippen LogP contribution in [0.3, 0.4) is 0 Å². The second kappa shape index (κ2) is 32.2. The highest BCUT2D eigenvalue weighted by Crippen LogP contribution is 2.54. The van der Waals surface area contributed by atoms with Gasteiger partial charge in [0.15, 0.2) is 0 Å². The molecule has 0 aromatic heterocycles. The molecular formula is C68H43BrCl8F16N8O4. The molecule has 8 aromatic rings. The van der Waals surface area contributed by atoms with E-state index in [2.05, 4.69) is 46.6 Å². The van der Waals surface area contributed by atoms with Crippen molar-refractivity contribution in [3.8, 4) is 0 Å². The van der Waals surface area contributed by atoms with Crippen LogP contribution in [-0.2, 0) is 60.2 Å². The van der Waals surface area contributed by atoms with Crippen molar-refractivity contribution in [3.63, 3.8) is 0 Å². The summed E-state index contributed by atoms with van der Waals surface area (Å²) >= 11 is 50.0. The van der Waals surface area contributed by atoms with Crippen molar-refractivity contribution in [1.29, 1.82) is 0 Å². The highest BCUT2D eigenvalue weighted by molar-refractivity contribution is 9.08. The Morgan fingerprint density at radius 2 is 0.648 bits per heavy atom. The summed E-state index contributed by atoms with van der Waals surface area (Å²) in [6, 6.07) is 29.7. The van der Waals surface area contributed by atoms with Crippen LogP contribution in [0.4, 0.5) is 70.2 Å². The Hall–Kier alpha value is -7.41. The number of alkyl halides is 13. The summed E-state index contributed by atoms with van der Waals surface area (Å²) in [7, 11) is 0. The first-order chi connectivity index (χ1) is 49.1. The van der Waals surface area contributed by atoms with Gasteiger partial charge in [-0.05, 0) is 173 Å². The Bertz CT molecular complexity index is 4610. The zero-order valence-electron chi connectivity index (χ0n) is 52.6. The number of azide groups is 1. The van der Waals surface area contributed by atoms with E-state index in [0.717, 1.165) is 60.7 Å². The quantitative estimate of drug-likeness (QED) is 0.0423. The fourth-order valence-corrected chi connectivity index (χ4v) is 13.5. The fraction of sp³-hybridized carbons (Fsp3) is 0.235. The molecule has 0 radical (unpaired) electrons. The topological polar surface area (TPSA) is 161 Å². The van der Waals surface area contributed by atoms with E-state index < -0.39 is 96.1 Å². The predicted molar refractivity (Wildman–Crippen MR) is 369 cm³/mol. The minimum absolute atomic E-state index is 0.0154. The Morgan fingerprint density at radius 1 is 0.400 bits per heavy atom. The van der Waals surface area contributed by atoms with Gasteiger partial charge in [-0.25, -0.2) is 17.6 Å². The van der Waals surface area contributed by atoms with Gasteiger partial charge in [-0.1, -0.05) is 159 Å². The molecular weight excluding hydrogens is 1660 g/mol. The zero-order valence-corrected chi connectivity index (χ0v) is 60.2. The van der Waals surface area contributed by atoms with Crippen LogP contribution in [0.25, 0.3) is 10.4 Å². The van der Waals surface area contributed by atoms with Gasteiger partial charge in [0.25, 0.3) is 22.4 Å². The lowest BCUT2D eigenvalue weighted by Crippen LogP contribution is -2.42. The van der Waals surface area contributed by atoms with Gasteiger partial charge in [-0.2, -0.15) is 52.7 Å². The Morgan fingerprint density at radius 3 is 0.905 bits per heavy atom. The van der Waals surface area contributed by atoms with E-state index in [1.54, 1.807) is 0 Å². The molecule has 105 heavy (non-hydrogen) atoms. The van der Waals surface area contributed by atoms with Crippen molar-refractivity contribution in [1.82, 2.24) is 0 Å². The van der Waals surface area contributed by atoms with E-state index in [1.165, 1.54) is 91.9 Å². The van der Waals surface area contributed by atoms with Crippen molar-refractivity contribution in [2.75, 3.05) is 0 Å². The number of benzene rings is 8. The van der Waals surface area contributed by atoms with Crippen molar-refractivity contribution in [3.05, 3.63) is 286 Å². The molecule has 4 aliphatic heterocycles. The zero-order chi connectivity index (χ0) is 77.2. The van der Waals surface area contributed by atoms with Gasteiger partial charge >= 0.3 is 24.7 Å². The van der Waals surface area contributed by atoms with Crippen molar-refractivity contribution in [2.24, 2.45) is 31.5 Å². The lowest BCUT2D eigenvalue weighted by Gasteiger charge is -2.29. The van der Waals surface area contributed by atoms with Gasteiger partial charge in [0.2, 0.25) is 0 Å². The molecule has 0 aliphatic carbocycles. The minimum atomic E-state index is -4.83. The van der Waals surface area contributed by atoms with E-state index in [9.17, 15) is 70.2 Å². The second-order valence-electron chi connectivity index (χ2n) is 23.3. The first-order valence-corrected chi connectivity index (χ1v) is 33.8. The number of nitrogens with zero attached hydrogens (tertiary/aromatic N) is 7. The summed E-state index contributed by atoms with van der Waals surface area (Å²) in [5.74, 6) is -2.11. The summed E-state index contributed by atoms with van der Waals surface area (Å²) in [4.78, 5) is 22.1. The van der Waals surface area contributed by atoms with Crippen LogP contribution in [0.15, 0.2) is 171 Å². The molecule has 4 unspecified atom stereocenters. The molecule has 554 valence electrons. The van der Waals surface area contributed by atoms with Gasteiger partial charge in [0.1, 0.15) is 23.3 Å². The maximum Gasteiger partial charge on any atom is 0.435 e. The molecule has 8 aromatic carbocycles. The van der Waals surface area contributed by atoms with Gasteiger partial charge in [0, 0.05) is 110 Å². The molecule has 4 atom stereocenters. The highest BCUT2D eigenvalue weighted by Gasteiger charge is 2.66. The number of aryl methyl sites for hydroxylation is 1. The van der Waals surface area contributed by atoms with Crippen LogP contribution in [0.2, 0.25) is 40.2 Å². The van der Waals surface area contributed by atoms with Gasteiger partial charge in [0.05, 0.1) is 29.4 Å². The largest absolute Gasteiger partial charge is 0.435 e. The Labute approximate surface area is 632 Å². The monoisotopic (exact) mass is 1700 g/mol. The van der Waals surface area contributed by atoms with Crippen LogP contribution in [-0.4, -0.2) is 47.6 Å². The number of nitrogens with two attached hydrogens (primary N) is 1. The summed E-state index contributed by atoms with van der Waals surface area (Å²) in [6.45, 7) is 1.13. The molecule has 12 nitrogen and oxygen atoms in total. The smallest absolute Gasteiger partial charge is 0.374 e. The molecule has 4 heterocycles. The normalized spacial score (nSPS) is 19.8. The predicted octanol–water partition coefficient (Wildman–Crippen LogP) is 24.3. The fourth-order valence-electron chi connectivity index (χ4n) is 11.0. The number of hydrogen-bond acceptors (Lipinski definition) is 10. The third kappa shape index (κ3) is 17.8. The number of halogens is 25. The molecule has 0 fully saturated rings. The molecule has 0 bridgehead atoms. The SMILES string of the molecule is Cc1cc(C2=NOC(c3cc(Cl)cc(Cl)c3)(C(F)(F)F)C2)ccc1F.Fc1ccc(C2=NOC(c3cc(Cl)cc(Cl)c3)(C(F)(F)F)C2)cc1CBr.NCc1cc(C2=NOC(c3cc(Cl)cc(Cl)c3)(C(F)(F)F)C2)ccc1F.[N-]=[N+]=NCc1cc(C2=NOC(c3cc(Cl)cc(Cl)c3)(C(F)(F)F)C2)ccc1F. The average Bonchev–Trinajstić information content (AvgIpc) is 1.66. The first kappa shape index (κ1) is 81.7. The van der Waals surface area contributed by atoms with Gasteiger partial charge in [-0.3, -0.25) is 0 Å². The van der Waals surface area contributed by atoms with Crippen LogP contribution >= 0.6 is 109 Å². The lowest BCUT2D eigenvalue weighted by molar-refractivity contribution is -0.276. The average molecular weight is 1700 g/mol. The third-order valence-corrected chi connectivity index (χ3v) is 18.7. The van der Waals surface area contributed by atoms with E-state index in [-0.39, 0.29) is 120 Å². The maximum atomic E-state index is 14.0. The molecule has 2 N–H and O–H groups in total. The minimum Gasteiger partial charge on any atom is -0.374 e. The van der Waals surface area contributed by atoms with Gasteiger partial charge < -0.3 is 25.1 Å². The summed E-state index contributed by atoms with van der Waals surface area (Å²) in [5, 5.41) is 18.3. The van der Waals surface area contributed by atoms with Crippen LogP contribution in [0.5, 0.6) is 0 Å². The molecule has 0 saturated heterocycles. The molecule has 4 aliphatic rings. The number of oxime groups is 4. The summed E-state index contributed by atoms with van der Waals surface area (Å²) in [6.07, 6.45) is -21.6. The van der Waals surface area contributed by atoms with Crippen molar-refractivity contribution >= 4 is 132 Å². The molecule has 12 rings (SSSR count). The van der Waals surface area contributed by atoms with Crippen molar-refractivity contribution < 1.29 is 89.6 Å². The number of hydrogen-bond donors (Lipinski definition) is 1. The molecule has 0 amide bonds. The number of rotatable bonds is 12.